The van der Waals surface area contributed by atoms with Crippen molar-refractivity contribution in [2.24, 2.45) is 0 Å². The van der Waals surface area contributed by atoms with Crippen LogP contribution in [0.25, 0.3) is 0 Å². The number of carbonyl (C=O) groups is 2. The lowest BCUT2D eigenvalue weighted by Gasteiger charge is -2.23. The van der Waals surface area contributed by atoms with Crippen LogP contribution in [0, 0.1) is 0 Å². The third-order valence-electron chi connectivity index (χ3n) is 3.95. The number of fused-ring (bicyclic) bond motifs is 2. The average molecular weight is 338 g/mol. The summed E-state index contributed by atoms with van der Waals surface area (Å²) in [5.41, 5.74) is 3.32. The Kier molecular flexibility index (Phi) is 4.71. The smallest absolute Gasteiger partial charge is 0.196 e. The van der Waals surface area contributed by atoms with Gasteiger partial charge in [-0.25, -0.2) is 0 Å². The van der Waals surface area contributed by atoms with Crippen LogP contribution in [0.5, 0.6) is 0 Å². The predicted octanol–water partition coefficient (Wildman–Crippen LogP) is 3.79. The molecule has 1 aliphatic rings. The highest BCUT2D eigenvalue weighted by molar-refractivity contribution is 7.99. The Hall–Kier alpha value is -2.53. The first-order valence-corrected chi connectivity index (χ1v) is 8.80. The summed E-state index contributed by atoms with van der Waals surface area (Å²) in [6.45, 7) is 3.70. The maximum absolute atomic E-state index is 13.0. The molecule has 0 heterocycles. The highest BCUT2D eigenvalue weighted by Gasteiger charge is 2.32. The van der Waals surface area contributed by atoms with Gasteiger partial charge in [-0.3, -0.25) is 9.59 Å². The third kappa shape index (κ3) is 2.71. The maximum Gasteiger partial charge on any atom is 0.196 e. The summed E-state index contributed by atoms with van der Waals surface area (Å²) in [5, 5.41) is 6.38. The average Bonchev–Trinajstić information content (AvgIpc) is 2.62. The zero-order valence-corrected chi connectivity index (χ0v) is 14.2. The predicted molar refractivity (Wildman–Crippen MR) is 100 cm³/mol. The lowest BCUT2D eigenvalue weighted by molar-refractivity contribution is 0.0979. The summed E-state index contributed by atoms with van der Waals surface area (Å²) in [6, 6.07) is 10.5. The van der Waals surface area contributed by atoms with Crippen LogP contribution < -0.4 is 10.6 Å². The molecule has 0 bridgehead atoms. The Morgan fingerprint density at radius 3 is 2.42 bits per heavy atom. The number of thioether (sulfide) groups is 1. The number of ketones is 2. The minimum absolute atomic E-state index is 0.107. The summed E-state index contributed by atoms with van der Waals surface area (Å²) >= 11 is 1.65. The second-order valence-electron chi connectivity index (χ2n) is 5.35. The van der Waals surface area contributed by atoms with Gasteiger partial charge in [0.25, 0.3) is 0 Å². The molecule has 2 aromatic rings. The van der Waals surface area contributed by atoms with Gasteiger partial charge in [0.05, 0.1) is 22.8 Å². The molecule has 2 N–H and O–H groups in total. The second kappa shape index (κ2) is 6.93. The van der Waals surface area contributed by atoms with Crippen molar-refractivity contribution < 1.29 is 9.59 Å². The quantitative estimate of drug-likeness (QED) is 0.407. The fraction of sp³-hybridized carbons (Fsp3) is 0.158. The Morgan fingerprint density at radius 1 is 1.04 bits per heavy atom. The van der Waals surface area contributed by atoms with E-state index in [1.165, 1.54) is 0 Å². The van der Waals surface area contributed by atoms with Crippen LogP contribution in [0.3, 0.4) is 0 Å². The molecule has 0 aliphatic heterocycles. The van der Waals surface area contributed by atoms with E-state index in [1.807, 2.05) is 12.1 Å². The molecule has 122 valence electrons. The van der Waals surface area contributed by atoms with Crippen LogP contribution in [-0.4, -0.2) is 30.2 Å². The number of anilines is 2. The van der Waals surface area contributed by atoms with Gasteiger partial charge in [0.2, 0.25) is 0 Å². The molecular weight excluding hydrogens is 320 g/mol. The van der Waals surface area contributed by atoms with E-state index in [-0.39, 0.29) is 11.6 Å². The molecule has 0 aromatic heterocycles. The topological polar surface area (TPSA) is 58.2 Å². The Balaban J connectivity index is 2.08. The van der Waals surface area contributed by atoms with Crippen LogP contribution in [0.15, 0.2) is 49.1 Å². The second-order valence-corrected chi connectivity index (χ2v) is 6.38. The van der Waals surface area contributed by atoms with E-state index < -0.39 is 0 Å². The summed E-state index contributed by atoms with van der Waals surface area (Å²) < 4.78 is 0. The van der Waals surface area contributed by atoms with Crippen LogP contribution in [0.2, 0.25) is 0 Å². The maximum atomic E-state index is 13.0. The molecule has 24 heavy (non-hydrogen) atoms. The molecule has 0 saturated carbocycles. The van der Waals surface area contributed by atoms with Crippen molar-refractivity contribution in [2.45, 2.75) is 0 Å². The first-order valence-electron chi connectivity index (χ1n) is 7.64. The van der Waals surface area contributed by atoms with Crippen molar-refractivity contribution >= 4 is 34.7 Å². The Morgan fingerprint density at radius 2 is 1.75 bits per heavy atom. The van der Waals surface area contributed by atoms with Gasteiger partial charge in [-0.15, -0.1) is 18.3 Å². The zero-order valence-electron chi connectivity index (χ0n) is 13.4. The van der Waals surface area contributed by atoms with Gasteiger partial charge in [-0.2, -0.15) is 0 Å². The van der Waals surface area contributed by atoms with Gasteiger partial charge >= 0.3 is 0 Å². The third-order valence-corrected chi connectivity index (χ3v) is 4.77. The molecule has 5 heteroatoms. The van der Waals surface area contributed by atoms with E-state index in [9.17, 15) is 9.59 Å². The zero-order chi connectivity index (χ0) is 17.1. The van der Waals surface area contributed by atoms with E-state index >= 15 is 0 Å². The molecule has 0 unspecified atom stereocenters. The van der Waals surface area contributed by atoms with Crippen molar-refractivity contribution in [3.05, 3.63) is 71.3 Å². The fourth-order valence-corrected chi connectivity index (χ4v) is 3.37. The van der Waals surface area contributed by atoms with Crippen molar-refractivity contribution in [1.29, 1.82) is 0 Å². The molecular formula is C19H18N2O2S. The first-order chi connectivity index (χ1) is 11.7. The van der Waals surface area contributed by atoms with Gasteiger partial charge in [-0.1, -0.05) is 30.3 Å². The lowest BCUT2D eigenvalue weighted by Crippen LogP contribution is -2.23. The Bertz CT molecular complexity index is 830. The standard InChI is InChI=1S/C19H18N2O2S/c1-3-10-24-11-21-17-15(20-2)9-8-14-16(17)19(23)13-7-5-4-6-12(13)18(14)22/h3-9,20-21H,1,10-11H2,2H3. The minimum atomic E-state index is -0.117. The number of hydrogen-bond acceptors (Lipinski definition) is 5. The van der Waals surface area contributed by atoms with E-state index in [2.05, 4.69) is 17.2 Å². The molecule has 3 rings (SSSR count). The fourth-order valence-electron chi connectivity index (χ4n) is 2.84. The summed E-state index contributed by atoms with van der Waals surface area (Å²) in [4.78, 5) is 25.8. The van der Waals surface area contributed by atoms with E-state index in [0.717, 1.165) is 11.4 Å². The van der Waals surface area contributed by atoms with E-state index in [0.29, 0.717) is 33.8 Å². The molecule has 2 aromatic carbocycles. The Labute approximate surface area is 145 Å². The van der Waals surface area contributed by atoms with Crippen molar-refractivity contribution in [1.82, 2.24) is 0 Å². The van der Waals surface area contributed by atoms with Crippen molar-refractivity contribution in [3.8, 4) is 0 Å². The SMILES string of the molecule is C=CCSCNc1c(NC)ccc2c1C(=O)c1ccccc1C2=O. The molecule has 0 radical (unpaired) electrons. The van der Waals surface area contributed by atoms with E-state index in [1.54, 1.807) is 49.1 Å². The monoisotopic (exact) mass is 338 g/mol. The minimum Gasteiger partial charge on any atom is -0.386 e. The summed E-state index contributed by atoms with van der Waals surface area (Å²) in [6.07, 6.45) is 1.83. The van der Waals surface area contributed by atoms with Crippen molar-refractivity contribution in [3.63, 3.8) is 0 Å². The van der Waals surface area contributed by atoms with Gasteiger partial charge in [0.1, 0.15) is 0 Å². The number of benzene rings is 2. The summed E-state index contributed by atoms with van der Waals surface area (Å²) in [7, 11) is 1.80. The van der Waals surface area contributed by atoms with Crippen LogP contribution in [0.1, 0.15) is 31.8 Å². The van der Waals surface area contributed by atoms with Crippen LogP contribution >= 0.6 is 11.8 Å². The van der Waals surface area contributed by atoms with Gasteiger partial charge < -0.3 is 10.6 Å². The largest absolute Gasteiger partial charge is 0.386 e. The number of rotatable bonds is 6. The molecule has 0 atom stereocenters. The molecule has 0 amide bonds. The normalized spacial score (nSPS) is 12.4. The summed E-state index contributed by atoms with van der Waals surface area (Å²) in [5.74, 6) is 1.21. The molecule has 4 nitrogen and oxygen atoms in total. The molecule has 0 fully saturated rings. The number of hydrogen-bond donors (Lipinski definition) is 2. The number of carbonyl (C=O) groups excluding carboxylic acids is 2. The molecule has 1 aliphatic carbocycles. The number of nitrogens with one attached hydrogen (secondary N) is 2. The molecule has 0 saturated heterocycles. The van der Waals surface area contributed by atoms with Crippen LogP contribution in [-0.2, 0) is 0 Å². The molecule has 0 spiro atoms. The van der Waals surface area contributed by atoms with Gasteiger partial charge in [0.15, 0.2) is 11.6 Å². The van der Waals surface area contributed by atoms with E-state index in [4.69, 9.17) is 0 Å². The lowest BCUT2D eigenvalue weighted by atomic mass is 9.83. The first kappa shape index (κ1) is 16.3. The van der Waals surface area contributed by atoms with Gasteiger partial charge in [-0.05, 0) is 12.1 Å². The van der Waals surface area contributed by atoms with Crippen LogP contribution in [0.4, 0.5) is 11.4 Å². The highest BCUT2D eigenvalue weighted by atomic mass is 32.2. The van der Waals surface area contributed by atoms with Gasteiger partial charge in [0, 0.05) is 29.5 Å². The van der Waals surface area contributed by atoms with Crippen molar-refractivity contribution in [2.75, 3.05) is 29.3 Å². The highest BCUT2D eigenvalue weighted by Crippen LogP contribution is 2.36.